The smallest absolute Gasteiger partial charge is 0.108 e. The van der Waals surface area contributed by atoms with Crippen LogP contribution in [0.2, 0.25) is 0 Å². The van der Waals surface area contributed by atoms with Crippen molar-refractivity contribution >= 4 is 0 Å². The summed E-state index contributed by atoms with van der Waals surface area (Å²) in [5, 5.41) is 12.8. The van der Waals surface area contributed by atoms with Crippen molar-refractivity contribution in [1.29, 1.82) is 0 Å². The summed E-state index contributed by atoms with van der Waals surface area (Å²) in [5.74, 6) is 1.17. The molecule has 1 heterocycles. The second-order valence-electron chi connectivity index (χ2n) is 4.93. The van der Waals surface area contributed by atoms with Crippen LogP contribution in [0, 0.1) is 0 Å². The maximum absolute atomic E-state index is 9.49. The lowest BCUT2D eigenvalue weighted by Gasteiger charge is -2.30. The van der Waals surface area contributed by atoms with Crippen molar-refractivity contribution in [1.82, 2.24) is 14.9 Å². The maximum Gasteiger partial charge on any atom is 0.108 e. The molecule has 0 radical (unpaired) electrons. The summed E-state index contributed by atoms with van der Waals surface area (Å²) >= 11 is 0. The Bertz CT molecular complexity index is 323. The van der Waals surface area contributed by atoms with Crippen LogP contribution in [0.4, 0.5) is 0 Å². The van der Waals surface area contributed by atoms with Gasteiger partial charge in [-0.3, -0.25) is 0 Å². The maximum atomic E-state index is 9.49. The van der Waals surface area contributed by atoms with E-state index in [4.69, 9.17) is 0 Å². The third kappa shape index (κ3) is 3.82. The summed E-state index contributed by atoms with van der Waals surface area (Å²) in [4.78, 5) is 4.38. The second-order valence-corrected chi connectivity index (χ2v) is 4.93. The van der Waals surface area contributed by atoms with Crippen LogP contribution in [-0.4, -0.2) is 33.9 Å². The van der Waals surface area contributed by atoms with E-state index in [1.165, 1.54) is 5.82 Å². The molecule has 0 aliphatic heterocycles. The first-order valence-electron chi connectivity index (χ1n) is 7.01. The van der Waals surface area contributed by atoms with Crippen molar-refractivity contribution in [2.45, 2.75) is 58.0 Å². The zero-order valence-electron chi connectivity index (χ0n) is 11.9. The lowest BCUT2D eigenvalue weighted by Crippen LogP contribution is -2.46. The Balaban J connectivity index is 2.47. The number of aromatic nitrogens is 2. The third-order valence-electron chi connectivity index (χ3n) is 3.84. The molecule has 0 spiro atoms. The quantitative estimate of drug-likeness (QED) is 0.707. The molecule has 104 valence electrons. The van der Waals surface area contributed by atoms with E-state index in [2.05, 4.69) is 34.9 Å². The molecule has 4 heteroatoms. The first-order valence-corrected chi connectivity index (χ1v) is 7.01. The number of aryl methyl sites for hydroxylation is 2. The van der Waals surface area contributed by atoms with Crippen LogP contribution in [0.15, 0.2) is 12.4 Å². The van der Waals surface area contributed by atoms with Gasteiger partial charge in [0.25, 0.3) is 0 Å². The molecule has 18 heavy (non-hydrogen) atoms. The van der Waals surface area contributed by atoms with Crippen LogP contribution in [0.5, 0.6) is 0 Å². The number of rotatable bonds is 9. The Hall–Kier alpha value is -0.870. The zero-order chi connectivity index (χ0) is 13.4. The summed E-state index contributed by atoms with van der Waals surface area (Å²) in [6.45, 7) is 5.48. The molecule has 4 nitrogen and oxygen atoms in total. The minimum absolute atomic E-state index is 0.120. The van der Waals surface area contributed by atoms with Crippen molar-refractivity contribution in [2.75, 3.05) is 13.7 Å². The number of nitrogens with zero attached hydrogens (tertiary/aromatic N) is 2. The monoisotopic (exact) mass is 253 g/mol. The minimum Gasteiger partial charge on any atom is -0.394 e. The predicted octanol–water partition coefficient (Wildman–Crippen LogP) is 1.98. The van der Waals surface area contributed by atoms with E-state index in [0.717, 1.165) is 38.6 Å². The van der Waals surface area contributed by atoms with Gasteiger partial charge in [-0.2, -0.15) is 0 Å². The number of hydrogen-bond acceptors (Lipinski definition) is 3. The van der Waals surface area contributed by atoms with E-state index >= 15 is 0 Å². The lowest BCUT2D eigenvalue weighted by molar-refractivity contribution is 0.151. The molecular weight excluding hydrogens is 226 g/mol. The van der Waals surface area contributed by atoms with Gasteiger partial charge in [0.1, 0.15) is 5.82 Å². The Morgan fingerprint density at radius 2 is 2.22 bits per heavy atom. The first-order chi connectivity index (χ1) is 8.71. The van der Waals surface area contributed by atoms with Crippen LogP contribution >= 0.6 is 0 Å². The molecule has 0 fully saturated rings. The van der Waals surface area contributed by atoms with Gasteiger partial charge < -0.3 is 15.0 Å². The fourth-order valence-electron chi connectivity index (χ4n) is 2.33. The van der Waals surface area contributed by atoms with Gasteiger partial charge in [0.05, 0.1) is 6.61 Å². The SMILES string of the molecule is CCCc1nccn1CCCC(CC)(CO)NC. The van der Waals surface area contributed by atoms with E-state index in [0.29, 0.717) is 0 Å². The second kappa shape index (κ2) is 7.54. The summed E-state index contributed by atoms with van der Waals surface area (Å²) in [7, 11) is 1.93. The molecule has 1 aromatic heterocycles. The number of hydrogen-bond donors (Lipinski definition) is 2. The highest BCUT2D eigenvalue weighted by Gasteiger charge is 2.24. The number of likely N-dealkylation sites (N-methyl/N-ethyl adjacent to an activating group) is 1. The van der Waals surface area contributed by atoms with Gasteiger partial charge in [-0.05, 0) is 32.7 Å². The Labute approximate surface area is 110 Å². The molecule has 0 aromatic carbocycles. The molecule has 1 aromatic rings. The van der Waals surface area contributed by atoms with Crippen molar-refractivity contribution < 1.29 is 5.11 Å². The molecule has 1 atom stereocenters. The molecule has 1 unspecified atom stereocenters. The fourth-order valence-corrected chi connectivity index (χ4v) is 2.33. The molecule has 1 rings (SSSR count). The van der Waals surface area contributed by atoms with Crippen molar-refractivity contribution in [3.63, 3.8) is 0 Å². The van der Waals surface area contributed by atoms with Gasteiger partial charge in [0.15, 0.2) is 0 Å². The van der Waals surface area contributed by atoms with E-state index in [1.54, 1.807) is 0 Å². The predicted molar refractivity (Wildman–Crippen MR) is 74.6 cm³/mol. The van der Waals surface area contributed by atoms with Gasteiger partial charge >= 0.3 is 0 Å². The highest BCUT2D eigenvalue weighted by Crippen LogP contribution is 2.17. The van der Waals surface area contributed by atoms with Crippen molar-refractivity contribution in [3.05, 3.63) is 18.2 Å². The van der Waals surface area contributed by atoms with Crippen molar-refractivity contribution in [2.24, 2.45) is 0 Å². The Morgan fingerprint density at radius 3 is 2.78 bits per heavy atom. The number of aliphatic hydroxyl groups is 1. The Morgan fingerprint density at radius 1 is 1.44 bits per heavy atom. The number of imidazole rings is 1. The van der Waals surface area contributed by atoms with E-state index in [1.807, 2.05) is 13.2 Å². The van der Waals surface area contributed by atoms with E-state index in [9.17, 15) is 5.11 Å². The van der Waals surface area contributed by atoms with Gasteiger partial charge in [-0.25, -0.2) is 4.98 Å². The molecule has 0 saturated carbocycles. The van der Waals surface area contributed by atoms with E-state index < -0.39 is 0 Å². The number of aliphatic hydroxyl groups excluding tert-OH is 1. The number of nitrogens with one attached hydrogen (secondary N) is 1. The van der Waals surface area contributed by atoms with Crippen molar-refractivity contribution in [3.8, 4) is 0 Å². The third-order valence-corrected chi connectivity index (χ3v) is 3.84. The van der Waals surface area contributed by atoms with E-state index in [-0.39, 0.29) is 12.1 Å². The summed E-state index contributed by atoms with van der Waals surface area (Å²) in [5.41, 5.74) is -0.120. The van der Waals surface area contributed by atoms with Gasteiger partial charge in [0.2, 0.25) is 0 Å². The summed E-state index contributed by atoms with van der Waals surface area (Å²) < 4.78 is 2.23. The normalized spacial score (nSPS) is 14.7. The molecule has 2 N–H and O–H groups in total. The van der Waals surface area contributed by atoms with Crippen LogP contribution in [0.1, 0.15) is 45.4 Å². The lowest BCUT2D eigenvalue weighted by atomic mass is 9.91. The molecule has 0 aliphatic carbocycles. The highest BCUT2D eigenvalue weighted by molar-refractivity contribution is 4.93. The minimum atomic E-state index is -0.120. The van der Waals surface area contributed by atoms with Crippen LogP contribution in [0.3, 0.4) is 0 Å². The molecule has 0 bridgehead atoms. The largest absolute Gasteiger partial charge is 0.394 e. The van der Waals surface area contributed by atoms with Gasteiger partial charge in [-0.1, -0.05) is 13.8 Å². The Kier molecular flexibility index (Phi) is 6.36. The first kappa shape index (κ1) is 15.2. The van der Waals surface area contributed by atoms with Gasteiger partial charge in [-0.15, -0.1) is 0 Å². The topological polar surface area (TPSA) is 50.1 Å². The fraction of sp³-hybridized carbons (Fsp3) is 0.786. The van der Waals surface area contributed by atoms with Crippen LogP contribution < -0.4 is 5.32 Å². The van der Waals surface area contributed by atoms with Gasteiger partial charge in [0, 0.05) is 30.9 Å². The highest BCUT2D eigenvalue weighted by atomic mass is 16.3. The van der Waals surface area contributed by atoms with Crippen LogP contribution in [-0.2, 0) is 13.0 Å². The molecule has 0 saturated heterocycles. The average molecular weight is 253 g/mol. The molecular formula is C14H27N3O. The standard InChI is InChI=1S/C14H27N3O/c1-4-7-13-16-9-11-17(13)10-6-8-14(5-2,12-18)15-3/h9,11,15,18H,4-8,10,12H2,1-3H3. The molecule has 0 aliphatic rings. The summed E-state index contributed by atoms with van der Waals surface area (Å²) in [6.07, 6.45) is 9.09. The zero-order valence-corrected chi connectivity index (χ0v) is 11.9. The average Bonchev–Trinajstić information content (AvgIpc) is 2.83. The summed E-state index contributed by atoms with van der Waals surface area (Å²) in [6, 6.07) is 0. The van der Waals surface area contributed by atoms with Crippen LogP contribution in [0.25, 0.3) is 0 Å². The molecule has 0 amide bonds.